The quantitative estimate of drug-likeness (QED) is 0.600. The van der Waals surface area contributed by atoms with Crippen LogP contribution in [0.4, 0.5) is 4.39 Å². The number of esters is 1. The summed E-state index contributed by atoms with van der Waals surface area (Å²) < 4.78 is 18.1. The number of methoxy groups -OCH3 is 1. The predicted molar refractivity (Wildman–Crippen MR) is 69.0 cm³/mol. The number of carbonyl (C=O) groups excluding carboxylic acids is 1. The van der Waals surface area contributed by atoms with Crippen molar-refractivity contribution in [1.82, 2.24) is 5.32 Å². The number of halogens is 1. The predicted octanol–water partition coefficient (Wildman–Crippen LogP) is 2.89. The van der Waals surface area contributed by atoms with Gasteiger partial charge in [0.15, 0.2) is 0 Å². The molecular formula is C14H20FNO2. The van der Waals surface area contributed by atoms with E-state index in [9.17, 15) is 9.18 Å². The topological polar surface area (TPSA) is 38.3 Å². The first kappa shape index (κ1) is 14.6. The van der Waals surface area contributed by atoms with Crippen LogP contribution in [-0.2, 0) is 11.3 Å². The van der Waals surface area contributed by atoms with Gasteiger partial charge in [-0.25, -0.2) is 9.18 Å². The number of benzene rings is 1. The number of nitrogens with one attached hydrogen (secondary N) is 1. The van der Waals surface area contributed by atoms with Gasteiger partial charge in [0.2, 0.25) is 0 Å². The van der Waals surface area contributed by atoms with E-state index in [1.165, 1.54) is 32.1 Å². The lowest BCUT2D eigenvalue weighted by molar-refractivity contribution is 0.0595. The summed E-state index contributed by atoms with van der Waals surface area (Å²) in [5.74, 6) is -1.18. The normalized spacial score (nSPS) is 10.4. The second-order valence-electron chi connectivity index (χ2n) is 4.19. The van der Waals surface area contributed by atoms with E-state index in [1.54, 1.807) is 6.07 Å². The second-order valence-corrected chi connectivity index (χ2v) is 4.19. The molecule has 0 bridgehead atoms. The fourth-order valence-corrected chi connectivity index (χ4v) is 1.68. The fourth-order valence-electron chi connectivity index (χ4n) is 1.68. The first-order valence-corrected chi connectivity index (χ1v) is 6.26. The van der Waals surface area contributed by atoms with Gasteiger partial charge in [0.1, 0.15) is 5.82 Å². The molecule has 100 valence electrons. The van der Waals surface area contributed by atoms with Gasteiger partial charge in [-0.05, 0) is 30.7 Å². The summed E-state index contributed by atoms with van der Waals surface area (Å²) in [5.41, 5.74) is 0.809. The molecule has 18 heavy (non-hydrogen) atoms. The molecule has 0 heterocycles. The van der Waals surface area contributed by atoms with Crippen LogP contribution in [-0.4, -0.2) is 19.6 Å². The number of ether oxygens (including phenoxy) is 1. The highest BCUT2D eigenvalue weighted by atomic mass is 19.1. The van der Waals surface area contributed by atoms with E-state index in [0.717, 1.165) is 18.5 Å². The zero-order chi connectivity index (χ0) is 13.4. The van der Waals surface area contributed by atoms with Gasteiger partial charge in [0.25, 0.3) is 0 Å². The molecule has 1 N–H and O–H groups in total. The molecule has 0 aliphatic carbocycles. The van der Waals surface area contributed by atoms with Crippen molar-refractivity contribution in [3.63, 3.8) is 0 Å². The van der Waals surface area contributed by atoms with E-state index < -0.39 is 11.8 Å². The number of rotatable bonds is 7. The van der Waals surface area contributed by atoms with Gasteiger partial charge >= 0.3 is 5.97 Å². The van der Waals surface area contributed by atoms with Gasteiger partial charge in [-0.1, -0.05) is 25.8 Å². The largest absolute Gasteiger partial charge is 0.465 e. The Morgan fingerprint density at radius 1 is 1.39 bits per heavy atom. The van der Waals surface area contributed by atoms with E-state index in [0.29, 0.717) is 6.54 Å². The van der Waals surface area contributed by atoms with Crippen molar-refractivity contribution in [1.29, 1.82) is 0 Å². The molecule has 0 unspecified atom stereocenters. The Kier molecular flexibility index (Phi) is 6.36. The number of hydrogen-bond acceptors (Lipinski definition) is 3. The first-order valence-electron chi connectivity index (χ1n) is 6.26. The molecule has 0 saturated carbocycles. The average Bonchev–Trinajstić information content (AvgIpc) is 2.38. The Morgan fingerprint density at radius 2 is 2.17 bits per heavy atom. The molecule has 4 heteroatoms. The lowest BCUT2D eigenvalue weighted by Crippen LogP contribution is -2.15. The molecule has 0 aromatic heterocycles. The van der Waals surface area contributed by atoms with Crippen LogP contribution in [0, 0.1) is 5.82 Å². The third-order valence-electron chi connectivity index (χ3n) is 2.73. The van der Waals surface area contributed by atoms with Crippen LogP contribution in [0.5, 0.6) is 0 Å². The SMILES string of the molecule is CCCCCNCc1ccc(C(=O)OC)c(F)c1. The Hall–Kier alpha value is -1.42. The van der Waals surface area contributed by atoms with Gasteiger partial charge in [-0.15, -0.1) is 0 Å². The van der Waals surface area contributed by atoms with Crippen LogP contribution in [0.1, 0.15) is 42.1 Å². The fraction of sp³-hybridized carbons (Fsp3) is 0.500. The monoisotopic (exact) mass is 253 g/mol. The molecule has 0 spiro atoms. The molecule has 0 aliphatic rings. The van der Waals surface area contributed by atoms with Gasteiger partial charge in [-0.3, -0.25) is 0 Å². The van der Waals surface area contributed by atoms with Crippen molar-refractivity contribution in [2.45, 2.75) is 32.7 Å². The number of carbonyl (C=O) groups is 1. The standard InChI is InChI=1S/C14H20FNO2/c1-3-4-5-8-16-10-11-6-7-12(13(15)9-11)14(17)18-2/h6-7,9,16H,3-5,8,10H2,1-2H3. The Labute approximate surface area is 107 Å². The van der Waals surface area contributed by atoms with Crippen molar-refractivity contribution >= 4 is 5.97 Å². The highest BCUT2D eigenvalue weighted by Crippen LogP contribution is 2.11. The zero-order valence-electron chi connectivity index (χ0n) is 11.0. The summed E-state index contributed by atoms with van der Waals surface area (Å²) in [5, 5.41) is 3.24. The summed E-state index contributed by atoms with van der Waals surface area (Å²) in [6.45, 7) is 3.69. The Bertz CT molecular complexity index is 393. The molecule has 0 fully saturated rings. The highest BCUT2D eigenvalue weighted by Gasteiger charge is 2.11. The summed E-state index contributed by atoms with van der Waals surface area (Å²) in [6, 6.07) is 4.57. The first-order chi connectivity index (χ1) is 8.69. The van der Waals surface area contributed by atoms with E-state index in [1.807, 2.05) is 0 Å². The molecular weight excluding hydrogens is 233 g/mol. The minimum absolute atomic E-state index is 0.0211. The van der Waals surface area contributed by atoms with Gasteiger partial charge in [0, 0.05) is 6.54 Å². The summed E-state index contributed by atoms with van der Waals surface area (Å²) in [7, 11) is 1.24. The van der Waals surface area contributed by atoms with Crippen molar-refractivity contribution in [3.05, 3.63) is 35.1 Å². The molecule has 0 amide bonds. The van der Waals surface area contributed by atoms with Crippen LogP contribution >= 0.6 is 0 Å². The van der Waals surface area contributed by atoms with Crippen LogP contribution in [0.15, 0.2) is 18.2 Å². The molecule has 1 rings (SSSR count). The van der Waals surface area contributed by atoms with Crippen LogP contribution < -0.4 is 5.32 Å². The van der Waals surface area contributed by atoms with Crippen LogP contribution in [0.25, 0.3) is 0 Å². The molecule has 0 radical (unpaired) electrons. The highest BCUT2D eigenvalue weighted by molar-refractivity contribution is 5.89. The number of hydrogen-bond donors (Lipinski definition) is 1. The average molecular weight is 253 g/mol. The van der Waals surface area contributed by atoms with Gasteiger partial charge in [-0.2, -0.15) is 0 Å². The molecule has 1 aromatic rings. The van der Waals surface area contributed by atoms with Gasteiger partial charge in [0.05, 0.1) is 12.7 Å². The third kappa shape index (κ3) is 4.45. The molecule has 0 saturated heterocycles. The van der Waals surface area contributed by atoms with Crippen LogP contribution in [0.2, 0.25) is 0 Å². The minimum atomic E-state index is -0.644. The smallest absolute Gasteiger partial charge is 0.340 e. The Morgan fingerprint density at radius 3 is 2.78 bits per heavy atom. The maximum Gasteiger partial charge on any atom is 0.340 e. The number of unbranched alkanes of at least 4 members (excludes halogenated alkanes) is 2. The minimum Gasteiger partial charge on any atom is -0.465 e. The molecule has 0 atom stereocenters. The van der Waals surface area contributed by atoms with E-state index in [-0.39, 0.29) is 5.56 Å². The molecule has 1 aromatic carbocycles. The maximum atomic E-state index is 13.6. The van der Waals surface area contributed by atoms with E-state index >= 15 is 0 Å². The van der Waals surface area contributed by atoms with E-state index in [4.69, 9.17) is 0 Å². The summed E-state index contributed by atoms with van der Waals surface area (Å²) >= 11 is 0. The van der Waals surface area contributed by atoms with Crippen molar-refractivity contribution in [2.75, 3.05) is 13.7 Å². The lowest BCUT2D eigenvalue weighted by atomic mass is 10.1. The van der Waals surface area contributed by atoms with Crippen molar-refractivity contribution < 1.29 is 13.9 Å². The van der Waals surface area contributed by atoms with E-state index in [2.05, 4.69) is 17.0 Å². The van der Waals surface area contributed by atoms with Crippen molar-refractivity contribution in [2.24, 2.45) is 0 Å². The molecule has 0 aliphatic heterocycles. The summed E-state index contributed by atoms with van der Waals surface area (Å²) in [4.78, 5) is 11.2. The zero-order valence-corrected chi connectivity index (χ0v) is 11.0. The summed E-state index contributed by atoms with van der Waals surface area (Å²) in [6.07, 6.45) is 3.51. The van der Waals surface area contributed by atoms with Crippen LogP contribution in [0.3, 0.4) is 0 Å². The lowest BCUT2D eigenvalue weighted by Gasteiger charge is -2.06. The van der Waals surface area contributed by atoms with Crippen molar-refractivity contribution in [3.8, 4) is 0 Å². The third-order valence-corrected chi connectivity index (χ3v) is 2.73. The second kappa shape index (κ2) is 7.82. The maximum absolute atomic E-state index is 13.6. The van der Waals surface area contributed by atoms with Gasteiger partial charge < -0.3 is 10.1 Å². The molecule has 3 nitrogen and oxygen atoms in total. The Balaban J connectivity index is 2.49.